The van der Waals surface area contributed by atoms with Crippen LogP contribution in [-0.2, 0) is 4.79 Å². The van der Waals surface area contributed by atoms with E-state index in [1.807, 2.05) is 30.0 Å². The smallest absolute Gasteiger partial charge is 0.221 e. The first-order valence-electron chi connectivity index (χ1n) is 13.1. The molecule has 1 amide bonds. The van der Waals surface area contributed by atoms with Crippen molar-refractivity contribution < 1.29 is 9.59 Å². The summed E-state index contributed by atoms with van der Waals surface area (Å²) < 4.78 is 0. The lowest BCUT2D eigenvalue weighted by Crippen LogP contribution is -2.37. The molecule has 0 aliphatic heterocycles. The number of hydrogen-bond acceptors (Lipinski definition) is 5. The van der Waals surface area contributed by atoms with E-state index < -0.39 is 0 Å². The number of hydrogen-bond donors (Lipinski definition) is 2. The molecule has 0 spiro atoms. The van der Waals surface area contributed by atoms with Crippen LogP contribution in [0.5, 0.6) is 0 Å². The van der Waals surface area contributed by atoms with Gasteiger partial charge in [0.2, 0.25) is 11.7 Å². The van der Waals surface area contributed by atoms with Crippen molar-refractivity contribution in [2.45, 2.75) is 86.8 Å². The fraction of sp³-hybridized carbons (Fsp3) is 0.483. The molecule has 0 bridgehead atoms. The summed E-state index contributed by atoms with van der Waals surface area (Å²) >= 11 is 1.93. The average Bonchev–Trinajstić information content (AvgIpc) is 2.89. The Morgan fingerprint density at radius 3 is 2.46 bits per heavy atom. The second kappa shape index (κ2) is 10.9. The fourth-order valence-corrected chi connectivity index (χ4v) is 7.14. The molecule has 5 rings (SSSR count). The zero-order valence-electron chi connectivity index (χ0n) is 20.2. The number of carbonyl (C=O) groups is 2. The van der Waals surface area contributed by atoms with Crippen molar-refractivity contribution in [1.29, 1.82) is 5.26 Å². The maximum absolute atomic E-state index is 13.3. The zero-order valence-corrected chi connectivity index (χ0v) is 21.0. The normalized spacial score (nSPS) is 19.0. The highest BCUT2D eigenvalue weighted by atomic mass is 32.2. The molecule has 0 atom stereocenters. The van der Waals surface area contributed by atoms with E-state index in [1.165, 1.54) is 56.3 Å². The van der Waals surface area contributed by atoms with E-state index in [2.05, 4.69) is 28.8 Å². The third-order valence-corrected chi connectivity index (χ3v) is 8.99. The minimum absolute atomic E-state index is 0.0235. The highest BCUT2D eigenvalue weighted by Crippen LogP contribution is 2.42. The molecule has 0 saturated heterocycles. The van der Waals surface area contributed by atoms with Crippen LogP contribution in [0.2, 0.25) is 0 Å². The number of thioether (sulfide) groups is 1. The van der Waals surface area contributed by atoms with Gasteiger partial charge >= 0.3 is 0 Å². The largest absolute Gasteiger partial charge is 0.383 e. The van der Waals surface area contributed by atoms with Gasteiger partial charge in [-0.25, -0.2) is 0 Å². The molecule has 3 aliphatic rings. The van der Waals surface area contributed by atoms with Crippen molar-refractivity contribution in [2.24, 2.45) is 0 Å². The van der Waals surface area contributed by atoms with Crippen molar-refractivity contribution in [3.63, 3.8) is 0 Å². The number of nitriles is 1. The van der Waals surface area contributed by atoms with Crippen LogP contribution >= 0.6 is 11.8 Å². The van der Waals surface area contributed by atoms with Crippen LogP contribution in [0.1, 0.15) is 86.6 Å². The van der Waals surface area contributed by atoms with E-state index in [9.17, 15) is 14.9 Å². The van der Waals surface area contributed by atoms with Crippen LogP contribution in [0.15, 0.2) is 40.8 Å². The molecule has 0 radical (unpaired) electrons. The number of ketones is 1. The van der Waals surface area contributed by atoms with Crippen LogP contribution in [0, 0.1) is 11.3 Å². The molecule has 35 heavy (non-hydrogen) atoms. The second-order valence-corrected chi connectivity index (χ2v) is 11.3. The number of amides is 1. The first kappa shape index (κ1) is 23.9. The number of carbonyl (C=O) groups excluding carboxylic acids is 2. The van der Waals surface area contributed by atoms with E-state index in [1.54, 1.807) is 0 Å². The Morgan fingerprint density at radius 1 is 0.971 bits per heavy atom. The molecule has 3 aliphatic carbocycles. The minimum Gasteiger partial charge on any atom is -0.383 e. The predicted octanol–water partition coefficient (Wildman–Crippen LogP) is 6.12. The van der Waals surface area contributed by atoms with Crippen molar-refractivity contribution in [3.8, 4) is 6.07 Å². The molecule has 0 heterocycles. The summed E-state index contributed by atoms with van der Waals surface area (Å²) in [6.45, 7) is 0.384. The molecule has 0 aromatic heterocycles. The second-order valence-electron chi connectivity index (χ2n) is 9.99. The van der Waals surface area contributed by atoms with Gasteiger partial charge in [0, 0.05) is 45.7 Å². The quantitative estimate of drug-likeness (QED) is 0.491. The van der Waals surface area contributed by atoms with Gasteiger partial charge in [0.1, 0.15) is 11.6 Å². The average molecular weight is 488 g/mol. The van der Waals surface area contributed by atoms with Gasteiger partial charge in [0.25, 0.3) is 0 Å². The molecule has 2 fully saturated rings. The van der Waals surface area contributed by atoms with Crippen molar-refractivity contribution in [1.82, 2.24) is 10.6 Å². The molecule has 2 N–H and O–H groups in total. The molecular formula is C29H33N3O2S. The Labute approximate surface area is 211 Å². The third kappa shape index (κ3) is 5.11. The van der Waals surface area contributed by atoms with Gasteiger partial charge in [-0.3, -0.25) is 9.59 Å². The Balaban J connectivity index is 1.37. The highest BCUT2D eigenvalue weighted by Gasteiger charge is 2.29. The summed E-state index contributed by atoms with van der Waals surface area (Å²) in [6.07, 6.45) is 12.4. The number of allylic oxidation sites excluding steroid dienone is 1. The van der Waals surface area contributed by atoms with E-state index in [-0.39, 0.29) is 23.3 Å². The van der Waals surface area contributed by atoms with Gasteiger partial charge in [0.05, 0.1) is 5.70 Å². The molecule has 2 saturated carbocycles. The van der Waals surface area contributed by atoms with E-state index in [0.717, 1.165) is 29.2 Å². The van der Waals surface area contributed by atoms with Crippen molar-refractivity contribution in [3.05, 3.63) is 47.0 Å². The molecule has 182 valence electrons. The Kier molecular flexibility index (Phi) is 7.43. The van der Waals surface area contributed by atoms with Crippen LogP contribution < -0.4 is 10.6 Å². The van der Waals surface area contributed by atoms with E-state index in [4.69, 9.17) is 0 Å². The Bertz CT molecular complexity index is 1200. The number of Topliss-reactive ketones (excluding diaryl/α,β-unsaturated/α-hetero) is 1. The van der Waals surface area contributed by atoms with Gasteiger partial charge in [0.15, 0.2) is 0 Å². The third-order valence-electron chi connectivity index (χ3n) is 7.57. The highest BCUT2D eigenvalue weighted by molar-refractivity contribution is 8.00. The van der Waals surface area contributed by atoms with Crippen molar-refractivity contribution >= 4 is 39.9 Å². The van der Waals surface area contributed by atoms with Crippen LogP contribution in [0.4, 0.5) is 0 Å². The molecule has 6 heteroatoms. The Morgan fingerprint density at radius 2 is 1.71 bits per heavy atom. The van der Waals surface area contributed by atoms with Crippen molar-refractivity contribution in [2.75, 3.05) is 6.54 Å². The van der Waals surface area contributed by atoms with Gasteiger partial charge in [-0.1, -0.05) is 62.8 Å². The predicted molar refractivity (Wildman–Crippen MR) is 141 cm³/mol. The maximum atomic E-state index is 13.3. The topological polar surface area (TPSA) is 82.0 Å². The molecular weight excluding hydrogens is 454 g/mol. The van der Waals surface area contributed by atoms with Gasteiger partial charge in [-0.2, -0.15) is 5.26 Å². The molecule has 2 aromatic carbocycles. The lowest BCUT2D eigenvalue weighted by atomic mass is 9.86. The zero-order chi connectivity index (χ0) is 24.2. The summed E-state index contributed by atoms with van der Waals surface area (Å²) in [7, 11) is 0. The summed E-state index contributed by atoms with van der Waals surface area (Å²) in [5.74, 6) is -0.213. The molecule has 5 nitrogen and oxygen atoms in total. The summed E-state index contributed by atoms with van der Waals surface area (Å²) in [6, 6.07) is 12.4. The number of nitrogens with zero attached hydrogens (tertiary/aromatic N) is 1. The molecule has 0 unspecified atom stereocenters. The standard InChI is InChI=1S/C29H33N3O2S/c30-18-24-28(31-17-16-26(33)32-19-8-3-1-4-9-19)22-14-15-25(35-20-10-5-2-6-11-20)21-12-7-13-23(27(21)22)29(24)34/h7,12-15,19-20,31H,1-6,8-11,16-17H2,(H,32,33). The summed E-state index contributed by atoms with van der Waals surface area (Å²) in [4.78, 5) is 27.0. The monoisotopic (exact) mass is 487 g/mol. The van der Waals surface area contributed by atoms with E-state index in [0.29, 0.717) is 29.5 Å². The first-order chi connectivity index (χ1) is 17.2. The fourth-order valence-electron chi connectivity index (χ4n) is 5.76. The Hall–Kier alpha value is -2.78. The maximum Gasteiger partial charge on any atom is 0.221 e. The van der Waals surface area contributed by atoms with Crippen LogP contribution in [-0.4, -0.2) is 29.5 Å². The lowest BCUT2D eigenvalue weighted by Gasteiger charge is -2.25. The van der Waals surface area contributed by atoms with Crippen LogP contribution in [0.3, 0.4) is 0 Å². The van der Waals surface area contributed by atoms with Gasteiger partial charge < -0.3 is 10.6 Å². The SMILES string of the molecule is N#CC1=C(NCCC(=O)NC2CCCCC2)c2ccc(SC3CCCCC3)c3cccc(c23)C1=O. The summed E-state index contributed by atoms with van der Waals surface area (Å²) in [5, 5.41) is 18.9. The lowest BCUT2D eigenvalue weighted by molar-refractivity contribution is -0.121. The number of rotatable bonds is 7. The first-order valence-corrected chi connectivity index (χ1v) is 14.0. The van der Waals surface area contributed by atoms with Gasteiger partial charge in [-0.05, 0) is 37.1 Å². The summed E-state index contributed by atoms with van der Waals surface area (Å²) in [5.41, 5.74) is 2.17. The van der Waals surface area contributed by atoms with E-state index >= 15 is 0 Å². The van der Waals surface area contributed by atoms with Gasteiger partial charge in [-0.15, -0.1) is 11.8 Å². The number of benzene rings is 2. The number of nitrogens with one attached hydrogen (secondary N) is 2. The molecule has 2 aromatic rings. The minimum atomic E-state index is -0.237. The van der Waals surface area contributed by atoms with Crippen LogP contribution in [0.25, 0.3) is 16.5 Å².